The van der Waals surface area contributed by atoms with Gasteiger partial charge >= 0.3 is 0 Å². The fourth-order valence-corrected chi connectivity index (χ4v) is 2.21. The van der Waals surface area contributed by atoms with Gasteiger partial charge in [0.25, 0.3) is 0 Å². The van der Waals surface area contributed by atoms with Crippen LogP contribution in [0.15, 0.2) is 24.2 Å². The summed E-state index contributed by atoms with van der Waals surface area (Å²) in [4.78, 5) is 4.17. The average molecular weight is 251 g/mol. The third-order valence-corrected chi connectivity index (χ3v) is 3.25. The van der Waals surface area contributed by atoms with E-state index in [2.05, 4.69) is 20.9 Å². The second-order valence-corrected chi connectivity index (χ2v) is 4.38. The van der Waals surface area contributed by atoms with Gasteiger partial charge in [-0.05, 0) is 19.4 Å². The lowest BCUT2D eigenvalue weighted by atomic mass is 10.1. The highest BCUT2D eigenvalue weighted by Crippen LogP contribution is 2.18. The minimum absolute atomic E-state index is 0.338. The molecule has 18 heavy (non-hydrogen) atoms. The first-order valence-corrected chi connectivity index (χ1v) is 6.29. The first-order chi connectivity index (χ1) is 8.85. The zero-order chi connectivity index (χ0) is 12.8. The normalized spacial score (nSPS) is 16.1. The summed E-state index contributed by atoms with van der Waals surface area (Å²) in [6.45, 7) is 3.00. The molecule has 1 aromatic rings. The summed E-state index contributed by atoms with van der Waals surface area (Å²) < 4.78 is 12.6. The van der Waals surface area contributed by atoms with Crippen molar-refractivity contribution in [3.63, 3.8) is 0 Å². The molecule has 5 heteroatoms. The van der Waals surface area contributed by atoms with Crippen LogP contribution in [-0.4, -0.2) is 36.9 Å². The van der Waals surface area contributed by atoms with Gasteiger partial charge in [-0.3, -0.25) is 0 Å². The smallest absolute Gasteiger partial charge is 0.200 e. The maximum atomic E-state index is 5.27. The molecule has 0 bridgehead atoms. The number of nitrogens with zero attached hydrogens (tertiary/aromatic N) is 2. The summed E-state index contributed by atoms with van der Waals surface area (Å²) in [7, 11) is 3.28. The monoisotopic (exact) mass is 251 g/mol. The topological polar surface area (TPSA) is 48.3 Å². The molecule has 0 fully saturated rings. The van der Waals surface area contributed by atoms with Gasteiger partial charge in [0.05, 0.1) is 18.2 Å². The number of ether oxygens (including phenoxy) is 2. The van der Waals surface area contributed by atoms with Gasteiger partial charge in [0, 0.05) is 27.3 Å². The molecule has 2 rings (SSSR count). The number of aromatic nitrogens is 2. The molecule has 0 amide bonds. The quantitative estimate of drug-likeness (QED) is 0.614. The van der Waals surface area contributed by atoms with Gasteiger partial charge in [0.15, 0.2) is 6.29 Å². The van der Waals surface area contributed by atoms with Gasteiger partial charge in [0.1, 0.15) is 0 Å². The van der Waals surface area contributed by atoms with Crippen molar-refractivity contribution in [1.29, 1.82) is 0 Å². The van der Waals surface area contributed by atoms with E-state index in [0.717, 1.165) is 38.2 Å². The van der Waals surface area contributed by atoms with Crippen LogP contribution in [0.25, 0.3) is 0 Å². The Kier molecular flexibility index (Phi) is 4.92. The van der Waals surface area contributed by atoms with Gasteiger partial charge in [-0.15, -0.1) is 0 Å². The molecule has 100 valence electrons. The summed E-state index contributed by atoms with van der Waals surface area (Å²) >= 11 is 0. The Hall–Kier alpha value is -1.17. The van der Waals surface area contributed by atoms with E-state index in [0.29, 0.717) is 0 Å². The summed E-state index contributed by atoms with van der Waals surface area (Å²) in [6, 6.07) is 0. The van der Waals surface area contributed by atoms with E-state index in [1.807, 2.05) is 6.33 Å². The van der Waals surface area contributed by atoms with Crippen LogP contribution >= 0.6 is 0 Å². The fraction of sp³-hybridized carbons (Fsp3) is 0.615. The van der Waals surface area contributed by atoms with Crippen LogP contribution in [-0.2, 0) is 16.0 Å². The van der Waals surface area contributed by atoms with Crippen molar-refractivity contribution in [1.82, 2.24) is 14.9 Å². The predicted octanol–water partition coefficient (Wildman–Crippen LogP) is 1.48. The molecule has 1 aliphatic heterocycles. The summed E-state index contributed by atoms with van der Waals surface area (Å²) in [5.74, 6) is 0. The van der Waals surface area contributed by atoms with Gasteiger partial charge in [-0.25, -0.2) is 4.98 Å². The minimum atomic E-state index is -0.338. The molecular weight excluding hydrogens is 230 g/mol. The third-order valence-electron chi connectivity index (χ3n) is 3.25. The van der Waals surface area contributed by atoms with Crippen LogP contribution in [0, 0.1) is 0 Å². The first kappa shape index (κ1) is 13.3. The Balaban J connectivity index is 1.96. The van der Waals surface area contributed by atoms with Crippen LogP contribution in [0.2, 0.25) is 0 Å². The molecule has 0 saturated carbocycles. The standard InChI is InChI=1S/C13H21N3O2/c1-17-13(18-2)12-9-15-10-16(12)8-5-11-3-6-14-7-4-11/h3,9-10,13-14H,4-8H2,1-2H3. The van der Waals surface area contributed by atoms with Crippen molar-refractivity contribution in [2.75, 3.05) is 27.3 Å². The molecule has 0 aromatic carbocycles. The molecule has 0 aliphatic carbocycles. The van der Waals surface area contributed by atoms with Crippen molar-refractivity contribution in [2.24, 2.45) is 0 Å². The second kappa shape index (κ2) is 6.68. The number of nitrogens with one attached hydrogen (secondary N) is 1. The molecule has 5 nitrogen and oxygen atoms in total. The number of hydrogen-bond donors (Lipinski definition) is 1. The number of rotatable bonds is 6. The maximum absolute atomic E-state index is 5.27. The van der Waals surface area contributed by atoms with Crippen LogP contribution in [0.3, 0.4) is 0 Å². The fourth-order valence-electron chi connectivity index (χ4n) is 2.21. The molecule has 0 unspecified atom stereocenters. The average Bonchev–Trinajstić information content (AvgIpc) is 2.88. The second-order valence-electron chi connectivity index (χ2n) is 4.38. The third kappa shape index (κ3) is 3.19. The van der Waals surface area contributed by atoms with Crippen molar-refractivity contribution in [2.45, 2.75) is 25.7 Å². The lowest BCUT2D eigenvalue weighted by Gasteiger charge is -2.17. The van der Waals surface area contributed by atoms with E-state index >= 15 is 0 Å². The highest BCUT2D eigenvalue weighted by Gasteiger charge is 2.14. The predicted molar refractivity (Wildman–Crippen MR) is 69.2 cm³/mol. The number of aryl methyl sites for hydroxylation is 1. The largest absolute Gasteiger partial charge is 0.350 e. The summed E-state index contributed by atoms with van der Waals surface area (Å²) in [5, 5.41) is 3.32. The maximum Gasteiger partial charge on any atom is 0.200 e. The Bertz CT molecular complexity index is 397. The Labute approximate surface area is 108 Å². The van der Waals surface area contributed by atoms with Crippen LogP contribution in [0.5, 0.6) is 0 Å². The van der Waals surface area contributed by atoms with Crippen molar-refractivity contribution < 1.29 is 9.47 Å². The van der Waals surface area contributed by atoms with Crippen LogP contribution in [0.4, 0.5) is 0 Å². The van der Waals surface area contributed by atoms with Gasteiger partial charge < -0.3 is 19.4 Å². The molecule has 0 atom stereocenters. The Morgan fingerprint density at radius 3 is 2.94 bits per heavy atom. The summed E-state index contributed by atoms with van der Waals surface area (Å²) in [6.07, 6.45) is 7.78. The van der Waals surface area contributed by atoms with Gasteiger partial charge in [-0.1, -0.05) is 11.6 Å². The van der Waals surface area contributed by atoms with Gasteiger partial charge in [0.2, 0.25) is 0 Å². The van der Waals surface area contributed by atoms with Crippen LogP contribution < -0.4 is 5.32 Å². The molecule has 2 heterocycles. The first-order valence-electron chi connectivity index (χ1n) is 6.29. The number of imidazole rings is 1. The molecule has 0 spiro atoms. The van der Waals surface area contributed by atoms with E-state index in [1.165, 1.54) is 5.57 Å². The van der Waals surface area contributed by atoms with Crippen molar-refractivity contribution >= 4 is 0 Å². The lowest BCUT2D eigenvalue weighted by molar-refractivity contribution is -0.110. The zero-order valence-corrected chi connectivity index (χ0v) is 11.1. The highest BCUT2D eigenvalue weighted by atomic mass is 16.7. The lowest BCUT2D eigenvalue weighted by Crippen LogP contribution is -2.21. The Morgan fingerprint density at radius 1 is 1.44 bits per heavy atom. The van der Waals surface area contributed by atoms with E-state index in [-0.39, 0.29) is 6.29 Å². The molecular formula is C13H21N3O2. The van der Waals surface area contributed by atoms with Crippen molar-refractivity contribution in [3.8, 4) is 0 Å². The van der Waals surface area contributed by atoms with Gasteiger partial charge in [-0.2, -0.15) is 0 Å². The molecule has 1 aliphatic rings. The highest BCUT2D eigenvalue weighted by molar-refractivity contribution is 5.08. The molecule has 0 radical (unpaired) electrons. The zero-order valence-electron chi connectivity index (χ0n) is 11.1. The van der Waals surface area contributed by atoms with E-state index in [1.54, 1.807) is 20.4 Å². The Morgan fingerprint density at radius 2 is 2.28 bits per heavy atom. The number of methoxy groups -OCH3 is 2. The number of hydrogen-bond acceptors (Lipinski definition) is 4. The SMILES string of the molecule is COC(OC)c1cncn1CCC1=CCNCC1. The van der Waals surface area contributed by atoms with Crippen LogP contribution in [0.1, 0.15) is 24.8 Å². The molecule has 1 N–H and O–H groups in total. The van der Waals surface area contributed by atoms with E-state index in [4.69, 9.17) is 9.47 Å². The van der Waals surface area contributed by atoms with E-state index < -0.39 is 0 Å². The van der Waals surface area contributed by atoms with Crippen molar-refractivity contribution in [3.05, 3.63) is 29.9 Å². The summed E-state index contributed by atoms with van der Waals surface area (Å²) in [5.41, 5.74) is 2.48. The minimum Gasteiger partial charge on any atom is -0.350 e. The molecule has 0 saturated heterocycles. The molecule has 1 aromatic heterocycles. The van der Waals surface area contributed by atoms with E-state index in [9.17, 15) is 0 Å².